The first-order valence-electron chi connectivity index (χ1n) is 12.1. The number of pyridine rings is 1. The predicted molar refractivity (Wildman–Crippen MR) is 143 cm³/mol. The minimum atomic E-state index is -1.14. The second kappa shape index (κ2) is 12.1. The molecule has 3 aromatic carbocycles. The van der Waals surface area contributed by atoms with Crippen molar-refractivity contribution in [1.82, 2.24) is 0 Å². The zero-order valence-electron chi connectivity index (χ0n) is 21.8. The van der Waals surface area contributed by atoms with Crippen molar-refractivity contribution >= 4 is 11.7 Å². The van der Waals surface area contributed by atoms with E-state index in [9.17, 15) is 9.90 Å². The summed E-state index contributed by atoms with van der Waals surface area (Å²) in [7, 11) is 5.56. The standard InChI is InChI=1S/C30H31N2O6/c1-21(32-19-17-24(18-20-32)31(2)3)36-26-11-7-23(8-12-26)30(34)38-28-15-13-27(14-16-28)37-29(33)22-5-9-25(35-4)10-6-22/h5-21,29,33H,1-4H3/q+1. The number of aliphatic hydroxyl groups excluding tert-OH is 1. The zero-order valence-corrected chi connectivity index (χ0v) is 21.8. The van der Waals surface area contributed by atoms with Gasteiger partial charge in [-0.15, -0.1) is 0 Å². The Morgan fingerprint density at radius 1 is 0.763 bits per heavy atom. The van der Waals surface area contributed by atoms with Gasteiger partial charge in [-0.2, -0.15) is 4.57 Å². The number of hydrogen-bond acceptors (Lipinski definition) is 7. The number of aromatic nitrogens is 1. The van der Waals surface area contributed by atoms with Crippen molar-refractivity contribution < 1.29 is 33.4 Å². The summed E-state index contributed by atoms with van der Waals surface area (Å²) in [5.41, 5.74) is 2.08. The summed E-state index contributed by atoms with van der Waals surface area (Å²) in [6.45, 7) is 1.95. The molecule has 2 atom stereocenters. The van der Waals surface area contributed by atoms with Crippen LogP contribution in [0.3, 0.4) is 0 Å². The van der Waals surface area contributed by atoms with E-state index in [0.717, 1.165) is 5.69 Å². The number of methoxy groups -OCH3 is 1. The maximum Gasteiger partial charge on any atom is 0.343 e. The minimum absolute atomic E-state index is 0.229. The Bertz CT molecular complexity index is 1320. The molecule has 4 rings (SSSR count). The van der Waals surface area contributed by atoms with E-state index in [-0.39, 0.29) is 6.23 Å². The van der Waals surface area contributed by atoms with Crippen molar-refractivity contribution in [2.75, 3.05) is 26.1 Å². The molecule has 0 saturated heterocycles. The van der Waals surface area contributed by atoms with Crippen molar-refractivity contribution in [2.45, 2.75) is 19.4 Å². The van der Waals surface area contributed by atoms with Gasteiger partial charge in [0.15, 0.2) is 12.4 Å². The number of carbonyl (C=O) groups excluding carboxylic acids is 1. The summed E-state index contributed by atoms with van der Waals surface area (Å²) < 4.78 is 24.1. The molecule has 0 aliphatic rings. The van der Waals surface area contributed by atoms with Gasteiger partial charge in [0, 0.05) is 44.4 Å². The lowest BCUT2D eigenvalue weighted by Gasteiger charge is -2.14. The summed E-state index contributed by atoms with van der Waals surface area (Å²) in [5.74, 6) is 1.61. The van der Waals surface area contributed by atoms with Crippen LogP contribution in [0.25, 0.3) is 0 Å². The number of aliphatic hydroxyl groups is 1. The molecule has 0 radical (unpaired) electrons. The highest BCUT2D eigenvalue weighted by Crippen LogP contribution is 2.25. The van der Waals surface area contributed by atoms with Crippen LogP contribution in [-0.4, -0.2) is 32.3 Å². The maximum absolute atomic E-state index is 12.6. The van der Waals surface area contributed by atoms with Crippen LogP contribution < -0.4 is 28.4 Å². The summed E-state index contributed by atoms with van der Waals surface area (Å²) in [4.78, 5) is 14.6. The Balaban J connectivity index is 1.30. The summed E-state index contributed by atoms with van der Waals surface area (Å²) in [6.07, 6.45) is 2.55. The topological polar surface area (TPSA) is 81.3 Å². The third kappa shape index (κ3) is 6.80. The van der Waals surface area contributed by atoms with E-state index >= 15 is 0 Å². The van der Waals surface area contributed by atoms with E-state index in [1.54, 1.807) is 79.9 Å². The highest BCUT2D eigenvalue weighted by atomic mass is 16.6. The first-order chi connectivity index (χ1) is 18.3. The first kappa shape index (κ1) is 26.5. The van der Waals surface area contributed by atoms with Gasteiger partial charge in [0.25, 0.3) is 6.23 Å². The van der Waals surface area contributed by atoms with Gasteiger partial charge in [0.1, 0.15) is 23.0 Å². The van der Waals surface area contributed by atoms with Gasteiger partial charge in [-0.25, -0.2) is 4.79 Å². The largest absolute Gasteiger partial charge is 0.497 e. The Labute approximate surface area is 222 Å². The summed E-state index contributed by atoms with van der Waals surface area (Å²) in [5, 5.41) is 10.3. The molecule has 0 bridgehead atoms. The van der Waals surface area contributed by atoms with Crippen LogP contribution in [0, 0.1) is 0 Å². The van der Waals surface area contributed by atoms with Gasteiger partial charge in [0.05, 0.1) is 12.7 Å². The third-order valence-corrected chi connectivity index (χ3v) is 5.85. The number of hydrogen-bond donors (Lipinski definition) is 1. The van der Waals surface area contributed by atoms with Gasteiger partial charge < -0.3 is 29.0 Å². The number of esters is 1. The van der Waals surface area contributed by atoms with Crippen LogP contribution in [-0.2, 0) is 0 Å². The Morgan fingerprint density at radius 3 is 1.87 bits per heavy atom. The summed E-state index contributed by atoms with van der Waals surface area (Å²) >= 11 is 0. The van der Waals surface area contributed by atoms with Crippen LogP contribution in [0.4, 0.5) is 5.69 Å². The number of benzene rings is 3. The highest BCUT2D eigenvalue weighted by molar-refractivity contribution is 5.91. The molecular formula is C30H31N2O6+. The Hall–Kier alpha value is -4.56. The predicted octanol–water partition coefficient (Wildman–Crippen LogP) is 4.94. The first-order valence-corrected chi connectivity index (χ1v) is 12.1. The van der Waals surface area contributed by atoms with Crippen molar-refractivity contribution in [3.63, 3.8) is 0 Å². The molecule has 0 amide bonds. The second-order valence-electron chi connectivity index (χ2n) is 8.74. The Kier molecular flexibility index (Phi) is 8.45. The molecule has 1 heterocycles. The molecule has 2 unspecified atom stereocenters. The fourth-order valence-electron chi connectivity index (χ4n) is 3.62. The lowest BCUT2D eigenvalue weighted by molar-refractivity contribution is -0.749. The normalized spacial score (nSPS) is 12.2. The van der Waals surface area contributed by atoms with Crippen molar-refractivity contribution in [3.8, 4) is 23.0 Å². The molecule has 4 aromatic rings. The molecule has 0 saturated carbocycles. The van der Waals surface area contributed by atoms with Crippen LogP contribution >= 0.6 is 0 Å². The van der Waals surface area contributed by atoms with E-state index in [0.29, 0.717) is 34.1 Å². The van der Waals surface area contributed by atoms with Gasteiger partial charge >= 0.3 is 5.97 Å². The van der Waals surface area contributed by atoms with E-state index in [4.69, 9.17) is 18.9 Å². The van der Waals surface area contributed by atoms with Crippen LogP contribution in [0.5, 0.6) is 23.0 Å². The molecule has 0 spiro atoms. The van der Waals surface area contributed by atoms with E-state index in [2.05, 4.69) is 0 Å². The van der Waals surface area contributed by atoms with Crippen LogP contribution in [0.2, 0.25) is 0 Å². The van der Waals surface area contributed by atoms with Gasteiger partial charge in [0.2, 0.25) is 6.29 Å². The smallest absolute Gasteiger partial charge is 0.343 e. The highest BCUT2D eigenvalue weighted by Gasteiger charge is 2.15. The van der Waals surface area contributed by atoms with E-state index in [1.165, 1.54) is 0 Å². The molecule has 8 nitrogen and oxygen atoms in total. The third-order valence-electron chi connectivity index (χ3n) is 5.85. The Morgan fingerprint density at radius 2 is 1.29 bits per heavy atom. The number of carbonyl (C=O) groups is 1. The van der Waals surface area contributed by atoms with Crippen LogP contribution in [0.1, 0.15) is 35.4 Å². The molecule has 38 heavy (non-hydrogen) atoms. The SMILES string of the molecule is COc1ccc(C(O)Oc2ccc(OC(=O)c3ccc(OC(C)[n+]4ccc(N(C)C)cc4)cc3)cc2)cc1. The zero-order chi connectivity index (χ0) is 27.1. The fourth-order valence-corrected chi connectivity index (χ4v) is 3.62. The van der Waals surface area contributed by atoms with Crippen LogP contribution in [0.15, 0.2) is 97.3 Å². The van der Waals surface area contributed by atoms with E-state index in [1.807, 2.05) is 55.0 Å². The monoisotopic (exact) mass is 515 g/mol. The van der Waals surface area contributed by atoms with Gasteiger partial charge in [-0.1, -0.05) is 0 Å². The molecule has 0 aliphatic heterocycles. The van der Waals surface area contributed by atoms with Crippen molar-refractivity contribution in [1.29, 1.82) is 0 Å². The lowest BCUT2D eigenvalue weighted by Crippen LogP contribution is -2.40. The van der Waals surface area contributed by atoms with E-state index < -0.39 is 12.3 Å². The minimum Gasteiger partial charge on any atom is -0.497 e. The molecule has 1 N–H and O–H groups in total. The number of anilines is 1. The molecule has 196 valence electrons. The number of nitrogens with zero attached hydrogens (tertiary/aromatic N) is 2. The number of ether oxygens (including phenoxy) is 4. The lowest BCUT2D eigenvalue weighted by atomic mass is 10.2. The number of rotatable bonds is 10. The van der Waals surface area contributed by atoms with Gasteiger partial charge in [-0.3, -0.25) is 0 Å². The maximum atomic E-state index is 12.6. The molecule has 1 aromatic heterocycles. The fraction of sp³-hybridized carbons (Fsp3) is 0.200. The van der Waals surface area contributed by atoms with Gasteiger partial charge in [-0.05, 0) is 72.8 Å². The van der Waals surface area contributed by atoms with Crippen molar-refractivity contribution in [2.24, 2.45) is 0 Å². The molecule has 0 aliphatic carbocycles. The average Bonchev–Trinajstić information content (AvgIpc) is 2.94. The summed E-state index contributed by atoms with van der Waals surface area (Å²) in [6, 6.07) is 24.2. The molecule has 0 fully saturated rings. The quantitative estimate of drug-likeness (QED) is 0.139. The average molecular weight is 516 g/mol. The molecule has 8 heteroatoms. The van der Waals surface area contributed by atoms with Crippen molar-refractivity contribution in [3.05, 3.63) is 108 Å². The molecular weight excluding hydrogens is 484 g/mol. The second-order valence-corrected chi connectivity index (χ2v) is 8.74.